The van der Waals surface area contributed by atoms with Gasteiger partial charge in [0.15, 0.2) is 11.5 Å². The van der Waals surface area contributed by atoms with Gasteiger partial charge in [0.05, 0.1) is 22.5 Å². The molecule has 0 aliphatic rings. The summed E-state index contributed by atoms with van der Waals surface area (Å²) < 4.78 is 33.8. The van der Waals surface area contributed by atoms with E-state index in [9.17, 15) is 13.6 Å². The van der Waals surface area contributed by atoms with Crippen molar-refractivity contribution in [3.63, 3.8) is 0 Å². The molecule has 2 rings (SSSR count). The van der Waals surface area contributed by atoms with E-state index in [1.54, 1.807) is 6.92 Å². The minimum Gasteiger partial charge on any atom is -0.461 e. The van der Waals surface area contributed by atoms with Crippen LogP contribution in [0.1, 0.15) is 17.4 Å². The summed E-state index contributed by atoms with van der Waals surface area (Å²) >= 11 is 7.65. The third-order valence-corrected chi connectivity index (χ3v) is 4.53. The Kier molecular flexibility index (Phi) is 4.57. The second-order valence-corrected chi connectivity index (χ2v) is 5.56. The number of rotatable bonds is 3. The summed E-state index contributed by atoms with van der Waals surface area (Å²) in [6.07, 6.45) is 0. The highest BCUT2D eigenvalue weighted by Gasteiger charge is 2.27. The number of halogens is 4. The van der Waals surface area contributed by atoms with Crippen LogP contribution in [0.4, 0.5) is 8.78 Å². The molecule has 0 saturated carbocycles. The number of benzene rings is 1. The molecule has 8 heteroatoms. The van der Waals surface area contributed by atoms with Gasteiger partial charge in [-0.25, -0.2) is 13.6 Å². The van der Waals surface area contributed by atoms with Crippen molar-refractivity contribution in [2.45, 2.75) is 6.92 Å². The van der Waals surface area contributed by atoms with E-state index in [0.717, 1.165) is 15.2 Å². The summed E-state index contributed by atoms with van der Waals surface area (Å²) in [5, 5.41) is -0.460. The van der Waals surface area contributed by atoms with Crippen molar-refractivity contribution in [3.8, 4) is 0 Å². The molecule has 1 heterocycles. The van der Waals surface area contributed by atoms with Crippen LogP contribution in [0.3, 0.4) is 0 Å². The average Bonchev–Trinajstić information content (AvgIpc) is 2.67. The maximum Gasteiger partial charge on any atom is 0.358 e. The zero-order chi connectivity index (χ0) is 14.2. The highest BCUT2D eigenvalue weighted by Crippen LogP contribution is 2.37. The first-order chi connectivity index (χ1) is 9.02. The summed E-state index contributed by atoms with van der Waals surface area (Å²) in [5.74, 6) is -2.42. The number of nitrogens with zero attached hydrogens (tertiary/aromatic N) is 1. The van der Waals surface area contributed by atoms with E-state index < -0.39 is 17.6 Å². The van der Waals surface area contributed by atoms with Gasteiger partial charge in [-0.1, -0.05) is 11.6 Å². The molecule has 0 fully saturated rings. The van der Waals surface area contributed by atoms with Gasteiger partial charge in [0.1, 0.15) is 5.82 Å². The molecule has 0 aliphatic carbocycles. The van der Waals surface area contributed by atoms with Crippen LogP contribution in [0.5, 0.6) is 0 Å². The van der Waals surface area contributed by atoms with E-state index in [1.165, 1.54) is 10.0 Å². The predicted molar refractivity (Wildman–Crippen MR) is 79.8 cm³/mol. The largest absolute Gasteiger partial charge is 0.461 e. The van der Waals surface area contributed by atoms with E-state index in [-0.39, 0.29) is 22.7 Å². The number of ether oxygens (including phenoxy) is 1. The lowest BCUT2D eigenvalue weighted by molar-refractivity contribution is 0.0514. The molecule has 0 saturated heterocycles. The molecule has 2 aromatic rings. The normalized spacial score (nSPS) is 11.0. The molecule has 0 bridgehead atoms. The second kappa shape index (κ2) is 5.84. The molecule has 0 N–H and O–H groups in total. The van der Waals surface area contributed by atoms with Gasteiger partial charge in [0.2, 0.25) is 0 Å². The second-order valence-electron chi connectivity index (χ2n) is 3.50. The van der Waals surface area contributed by atoms with E-state index in [0.29, 0.717) is 5.52 Å². The Balaban J connectivity index is 2.81. The van der Waals surface area contributed by atoms with Gasteiger partial charge in [-0.3, -0.25) is 3.97 Å². The monoisotopic (exact) mass is 417 g/mol. The van der Waals surface area contributed by atoms with Gasteiger partial charge in [-0.05, 0) is 19.1 Å². The molecule has 0 aliphatic heterocycles. The minimum atomic E-state index is -0.873. The minimum absolute atomic E-state index is 0.117. The van der Waals surface area contributed by atoms with Gasteiger partial charge < -0.3 is 4.74 Å². The molecule has 0 atom stereocenters. The number of carbonyl (C=O) groups excluding carboxylic acids is 1. The van der Waals surface area contributed by atoms with Crippen molar-refractivity contribution in [2.24, 2.45) is 0 Å². The molecule has 1 aromatic carbocycles. The zero-order valence-electron chi connectivity index (χ0n) is 9.55. The lowest BCUT2D eigenvalue weighted by Gasteiger charge is -2.04. The number of hydrogen-bond donors (Lipinski definition) is 0. The Morgan fingerprint density at radius 3 is 2.79 bits per heavy atom. The van der Waals surface area contributed by atoms with Crippen LogP contribution in [-0.2, 0) is 4.74 Å². The topological polar surface area (TPSA) is 31.2 Å². The molecule has 19 heavy (non-hydrogen) atoms. The summed E-state index contributed by atoms with van der Waals surface area (Å²) in [4.78, 5) is 11.8. The standard InChI is InChI=1S/C11H7ClF2INO2S/c1-2-18-11(17)10-9(14)7-6(16(10)19-15)4-3-5(13)8(7)12/h3-4H,2H2,1H3. The number of fused-ring (bicyclic) bond motifs is 1. The molecule has 0 unspecified atom stereocenters. The van der Waals surface area contributed by atoms with E-state index in [2.05, 4.69) is 0 Å². The maximum absolute atomic E-state index is 14.3. The quantitative estimate of drug-likeness (QED) is 0.540. The smallest absolute Gasteiger partial charge is 0.358 e. The molecular weight excluding hydrogens is 411 g/mol. The lowest BCUT2D eigenvalue weighted by Crippen LogP contribution is -2.10. The molecule has 0 radical (unpaired) electrons. The Bertz CT molecular complexity index is 662. The number of aromatic nitrogens is 1. The summed E-state index contributed by atoms with van der Waals surface area (Å²) in [6.45, 7) is 1.74. The van der Waals surface area contributed by atoms with Crippen LogP contribution in [0.2, 0.25) is 5.02 Å². The zero-order valence-corrected chi connectivity index (χ0v) is 13.3. The number of esters is 1. The van der Waals surface area contributed by atoms with Crippen LogP contribution in [-0.4, -0.2) is 16.5 Å². The van der Waals surface area contributed by atoms with Crippen LogP contribution in [0.25, 0.3) is 10.9 Å². The summed E-state index contributed by atoms with van der Waals surface area (Å²) in [7, 11) is 1.08. The van der Waals surface area contributed by atoms with Crippen LogP contribution < -0.4 is 0 Å². The Hall–Kier alpha value is -0.540. The Morgan fingerprint density at radius 2 is 2.21 bits per heavy atom. The van der Waals surface area contributed by atoms with Crippen molar-refractivity contribution in [2.75, 3.05) is 6.61 Å². The maximum atomic E-state index is 14.3. The fourth-order valence-electron chi connectivity index (χ4n) is 1.69. The third-order valence-electron chi connectivity index (χ3n) is 2.46. The van der Waals surface area contributed by atoms with Gasteiger partial charge in [-0.15, -0.1) is 0 Å². The van der Waals surface area contributed by atoms with Crippen molar-refractivity contribution in [3.05, 3.63) is 34.5 Å². The van der Waals surface area contributed by atoms with E-state index >= 15 is 0 Å². The van der Waals surface area contributed by atoms with Gasteiger partial charge in [-0.2, -0.15) is 0 Å². The van der Waals surface area contributed by atoms with Crippen LogP contribution in [0, 0.1) is 11.6 Å². The van der Waals surface area contributed by atoms with Gasteiger partial charge in [0.25, 0.3) is 0 Å². The fraction of sp³-hybridized carbons (Fsp3) is 0.182. The highest BCUT2D eigenvalue weighted by atomic mass is 127. The SMILES string of the molecule is CCOC(=O)c1c(F)c2c(Cl)c(F)ccc2n1SI. The first-order valence-electron chi connectivity index (χ1n) is 5.17. The molecule has 102 valence electrons. The van der Waals surface area contributed by atoms with Gasteiger partial charge in [0, 0.05) is 30.3 Å². The van der Waals surface area contributed by atoms with E-state index in [1.807, 2.05) is 21.2 Å². The molecular formula is C11H7ClF2INO2S. The Morgan fingerprint density at radius 1 is 1.53 bits per heavy atom. The fourth-order valence-corrected chi connectivity index (χ4v) is 3.61. The molecule has 1 aromatic heterocycles. The highest BCUT2D eigenvalue weighted by molar-refractivity contribution is 14.2. The number of hydrogen-bond acceptors (Lipinski definition) is 3. The van der Waals surface area contributed by atoms with Crippen molar-refractivity contribution >= 4 is 58.8 Å². The molecule has 3 nitrogen and oxygen atoms in total. The first kappa shape index (κ1) is 14.9. The van der Waals surface area contributed by atoms with Crippen LogP contribution in [0.15, 0.2) is 12.1 Å². The first-order valence-corrected chi connectivity index (χ1v) is 8.86. The van der Waals surface area contributed by atoms with Gasteiger partial charge >= 0.3 is 5.97 Å². The molecule has 0 spiro atoms. The number of carbonyl (C=O) groups is 1. The van der Waals surface area contributed by atoms with E-state index in [4.69, 9.17) is 16.3 Å². The molecule has 0 amide bonds. The van der Waals surface area contributed by atoms with Crippen LogP contribution >= 0.6 is 41.9 Å². The average molecular weight is 418 g/mol. The summed E-state index contributed by atoms with van der Waals surface area (Å²) in [5.41, 5.74) is 0.0510. The third kappa shape index (κ3) is 2.43. The predicted octanol–water partition coefficient (Wildman–Crippen LogP) is 4.60. The van der Waals surface area contributed by atoms with Crippen molar-refractivity contribution in [1.82, 2.24) is 3.97 Å². The Labute approximate surface area is 129 Å². The lowest BCUT2D eigenvalue weighted by atomic mass is 10.2. The summed E-state index contributed by atoms with van der Waals surface area (Å²) in [6, 6.07) is 2.50. The van der Waals surface area contributed by atoms with Crippen molar-refractivity contribution < 1.29 is 18.3 Å². The van der Waals surface area contributed by atoms with Crippen molar-refractivity contribution in [1.29, 1.82) is 0 Å².